The number of fused-ring (bicyclic) bond motifs is 2. The quantitative estimate of drug-likeness (QED) is 0.725. The van der Waals surface area contributed by atoms with E-state index in [1.54, 1.807) is 0 Å². The summed E-state index contributed by atoms with van der Waals surface area (Å²) in [5.41, 5.74) is 3.13. The van der Waals surface area contributed by atoms with Gasteiger partial charge < -0.3 is 4.57 Å². The number of carbonyl (C=O) groups is 1. The summed E-state index contributed by atoms with van der Waals surface area (Å²) >= 11 is 0. The summed E-state index contributed by atoms with van der Waals surface area (Å²) in [5.74, 6) is 2.25. The van der Waals surface area contributed by atoms with Gasteiger partial charge in [-0.05, 0) is 26.0 Å². The molecule has 3 aromatic rings. The molecule has 1 aromatic carbocycles. The molecule has 0 atom stereocenters. The molecule has 0 radical (unpaired) electrons. The van der Waals surface area contributed by atoms with E-state index in [4.69, 9.17) is 0 Å². The van der Waals surface area contributed by atoms with E-state index >= 15 is 0 Å². The lowest BCUT2D eigenvalue weighted by atomic mass is 10.1. The third kappa shape index (κ3) is 2.80. The van der Waals surface area contributed by atoms with Crippen LogP contribution in [0.4, 0.5) is 0 Å². The first-order valence-corrected chi connectivity index (χ1v) is 9.19. The Hall–Kier alpha value is -2.60. The van der Waals surface area contributed by atoms with E-state index < -0.39 is 0 Å². The van der Waals surface area contributed by atoms with Crippen LogP contribution in [0, 0.1) is 5.92 Å². The van der Waals surface area contributed by atoms with Gasteiger partial charge in [0.15, 0.2) is 0 Å². The van der Waals surface area contributed by atoms with Crippen molar-refractivity contribution in [1.29, 1.82) is 0 Å². The van der Waals surface area contributed by atoms with Crippen LogP contribution in [0.25, 0.3) is 22.2 Å². The average Bonchev–Trinajstić information content (AvgIpc) is 3.41. The lowest BCUT2D eigenvalue weighted by Gasteiger charge is -2.24. The number of hydrogen-bond donors (Lipinski definition) is 0. The predicted molar refractivity (Wildman–Crippen MR) is 98.5 cm³/mol. The number of likely N-dealkylation sites (N-methyl/N-ethyl adjacent to an activating group) is 1. The summed E-state index contributed by atoms with van der Waals surface area (Å²) in [4.78, 5) is 28.0. The van der Waals surface area contributed by atoms with Gasteiger partial charge in [-0.3, -0.25) is 9.69 Å². The Morgan fingerprint density at radius 1 is 1.19 bits per heavy atom. The average molecular weight is 347 g/mol. The van der Waals surface area contributed by atoms with Crippen LogP contribution < -0.4 is 0 Å². The monoisotopic (exact) mass is 347 g/mol. The molecule has 0 bridgehead atoms. The van der Waals surface area contributed by atoms with E-state index in [2.05, 4.69) is 43.6 Å². The summed E-state index contributed by atoms with van der Waals surface area (Å²) in [6.07, 6.45) is 6.17. The van der Waals surface area contributed by atoms with Crippen molar-refractivity contribution >= 4 is 16.7 Å². The van der Waals surface area contributed by atoms with E-state index in [-0.39, 0.29) is 11.7 Å². The zero-order valence-corrected chi connectivity index (χ0v) is 14.9. The third-order valence-electron chi connectivity index (χ3n) is 5.35. The molecule has 0 unspecified atom stereocenters. The molecule has 2 aromatic heterocycles. The molecule has 0 amide bonds. The summed E-state index contributed by atoms with van der Waals surface area (Å²) in [5, 5.41) is 0.995. The second-order valence-electron chi connectivity index (χ2n) is 7.43. The van der Waals surface area contributed by atoms with Crippen molar-refractivity contribution < 1.29 is 4.79 Å². The Kier molecular flexibility index (Phi) is 3.60. The van der Waals surface area contributed by atoms with Gasteiger partial charge in [0.05, 0.1) is 30.4 Å². The number of carbonyl (C=O) groups excluding carboxylic acids is 1. The van der Waals surface area contributed by atoms with Crippen LogP contribution in [0.5, 0.6) is 0 Å². The fraction of sp³-hybridized carbons (Fsp3) is 0.400. The first-order valence-electron chi connectivity index (χ1n) is 9.19. The van der Waals surface area contributed by atoms with Crippen LogP contribution in [0.2, 0.25) is 0 Å². The Morgan fingerprint density at radius 2 is 2.08 bits per heavy atom. The largest absolute Gasteiger partial charge is 0.326 e. The second-order valence-corrected chi connectivity index (χ2v) is 7.43. The highest BCUT2D eigenvalue weighted by molar-refractivity contribution is 5.86. The molecule has 2 aliphatic rings. The summed E-state index contributed by atoms with van der Waals surface area (Å²) in [6.45, 7) is 2.85. The van der Waals surface area contributed by atoms with Crippen molar-refractivity contribution in [2.75, 3.05) is 13.6 Å². The highest BCUT2D eigenvalue weighted by Crippen LogP contribution is 2.31. The van der Waals surface area contributed by atoms with Crippen LogP contribution >= 0.6 is 0 Å². The van der Waals surface area contributed by atoms with Crippen molar-refractivity contribution in [3.63, 3.8) is 0 Å². The minimum Gasteiger partial charge on any atom is -0.326 e. The number of aromatic nitrogens is 4. The maximum Gasteiger partial charge on any atom is 0.143 e. The van der Waals surface area contributed by atoms with Gasteiger partial charge in [-0.2, -0.15) is 0 Å². The molecule has 26 heavy (non-hydrogen) atoms. The fourth-order valence-corrected chi connectivity index (χ4v) is 3.62. The number of Topliss-reactive ketones (excluding diaryl/α,β-unsaturated/α-hetero) is 1. The molecular formula is C20H21N5O. The molecule has 1 aliphatic heterocycles. The van der Waals surface area contributed by atoms with Crippen molar-refractivity contribution in [2.24, 2.45) is 5.92 Å². The van der Waals surface area contributed by atoms with Gasteiger partial charge in [-0.15, -0.1) is 0 Å². The number of ketones is 1. The molecule has 6 nitrogen and oxygen atoms in total. The highest BCUT2D eigenvalue weighted by Gasteiger charge is 2.29. The molecule has 5 rings (SSSR count). The Bertz CT molecular complexity index is 1000. The number of rotatable bonds is 4. The van der Waals surface area contributed by atoms with E-state index in [1.165, 1.54) is 0 Å². The van der Waals surface area contributed by atoms with Gasteiger partial charge in [0.2, 0.25) is 0 Å². The summed E-state index contributed by atoms with van der Waals surface area (Å²) in [7, 11) is 2.12. The van der Waals surface area contributed by atoms with Crippen LogP contribution in [0.1, 0.15) is 24.5 Å². The van der Waals surface area contributed by atoms with Crippen LogP contribution in [0.15, 0.2) is 30.6 Å². The van der Waals surface area contributed by atoms with Gasteiger partial charge in [0, 0.05) is 36.2 Å². The van der Waals surface area contributed by atoms with E-state index in [0.717, 1.165) is 60.5 Å². The molecule has 6 heteroatoms. The van der Waals surface area contributed by atoms with Gasteiger partial charge in [-0.25, -0.2) is 15.0 Å². The van der Waals surface area contributed by atoms with Crippen LogP contribution in [-0.4, -0.2) is 43.8 Å². The molecule has 1 aliphatic carbocycles. The zero-order chi connectivity index (χ0) is 17.7. The lowest BCUT2D eigenvalue weighted by molar-refractivity contribution is -0.119. The Balaban J connectivity index is 1.50. The molecular weight excluding hydrogens is 326 g/mol. The third-order valence-corrected chi connectivity index (χ3v) is 5.35. The second kappa shape index (κ2) is 5.99. The SMILES string of the molecule is CN1CCn2c(-c3ccc4cnc(CC(=O)C5CC5)nc4c3)cnc2C1. The smallest absolute Gasteiger partial charge is 0.143 e. The molecule has 0 saturated heterocycles. The van der Waals surface area contributed by atoms with Gasteiger partial charge in [0.25, 0.3) is 0 Å². The molecule has 0 spiro atoms. The number of imidazole rings is 1. The summed E-state index contributed by atoms with van der Waals surface area (Å²) in [6, 6.07) is 6.24. The topological polar surface area (TPSA) is 63.9 Å². The van der Waals surface area contributed by atoms with Crippen molar-refractivity contribution in [3.8, 4) is 11.3 Å². The van der Waals surface area contributed by atoms with E-state index in [1.807, 2.05) is 18.5 Å². The maximum atomic E-state index is 12.1. The van der Waals surface area contributed by atoms with E-state index in [0.29, 0.717) is 12.2 Å². The molecule has 1 saturated carbocycles. The van der Waals surface area contributed by atoms with Gasteiger partial charge in [-0.1, -0.05) is 12.1 Å². The van der Waals surface area contributed by atoms with Gasteiger partial charge in [0.1, 0.15) is 17.4 Å². The lowest BCUT2D eigenvalue weighted by Crippen LogP contribution is -2.30. The molecule has 3 heterocycles. The highest BCUT2D eigenvalue weighted by atomic mass is 16.1. The fourth-order valence-electron chi connectivity index (χ4n) is 3.62. The van der Waals surface area contributed by atoms with Crippen molar-refractivity contribution in [1.82, 2.24) is 24.4 Å². The zero-order valence-electron chi connectivity index (χ0n) is 14.9. The summed E-state index contributed by atoms with van der Waals surface area (Å²) < 4.78 is 2.29. The number of nitrogens with zero attached hydrogens (tertiary/aromatic N) is 5. The van der Waals surface area contributed by atoms with Gasteiger partial charge >= 0.3 is 0 Å². The van der Waals surface area contributed by atoms with Crippen molar-refractivity contribution in [2.45, 2.75) is 32.4 Å². The van der Waals surface area contributed by atoms with Crippen molar-refractivity contribution in [3.05, 3.63) is 42.2 Å². The number of benzene rings is 1. The molecule has 0 N–H and O–H groups in total. The maximum absolute atomic E-state index is 12.1. The predicted octanol–water partition coefficient (Wildman–Crippen LogP) is 2.46. The first kappa shape index (κ1) is 15.6. The minimum atomic E-state index is 0.247. The molecule has 1 fully saturated rings. The standard InChI is InChI=1S/C20H21N5O/c1-24-6-7-25-17(11-22-20(25)12-24)14-4-5-15-10-21-19(23-16(15)8-14)9-18(26)13-2-3-13/h4-5,8,10-11,13H,2-3,6-7,9,12H2,1H3. The first-order chi connectivity index (χ1) is 12.7. The normalized spacial score (nSPS) is 17.4. The molecule has 132 valence electrons. The minimum absolute atomic E-state index is 0.247. The van der Waals surface area contributed by atoms with Crippen LogP contribution in [-0.2, 0) is 24.3 Å². The van der Waals surface area contributed by atoms with Crippen LogP contribution in [0.3, 0.4) is 0 Å². The number of hydrogen-bond acceptors (Lipinski definition) is 5. The van der Waals surface area contributed by atoms with E-state index in [9.17, 15) is 4.79 Å². The Morgan fingerprint density at radius 3 is 2.92 bits per heavy atom. The Labute approximate surface area is 151 Å².